The molecule has 0 N–H and O–H groups in total. The second kappa shape index (κ2) is 5.47. The molecule has 0 fully saturated rings. The molecule has 6 nitrogen and oxygen atoms in total. The molecule has 17 heavy (non-hydrogen) atoms. The molecule has 1 heterocycles. The summed E-state index contributed by atoms with van der Waals surface area (Å²) in [7, 11) is 2.60. The summed E-state index contributed by atoms with van der Waals surface area (Å²) in [5.41, 5.74) is -0.997. The van der Waals surface area contributed by atoms with E-state index in [9.17, 15) is 14.4 Å². The first-order valence-electron chi connectivity index (χ1n) is 5.42. The van der Waals surface area contributed by atoms with E-state index in [4.69, 9.17) is 0 Å². The first kappa shape index (κ1) is 13.2. The van der Waals surface area contributed by atoms with Crippen LogP contribution in [0.25, 0.3) is 0 Å². The van der Waals surface area contributed by atoms with Crippen molar-refractivity contribution in [1.82, 2.24) is 9.13 Å². The van der Waals surface area contributed by atoms with Gasteiger partial charge < -0.3 is 4.74 Å². The van der Waals surface area contributed by atoms with Crippen molar-refractivity contribution < 1.29 is 9.53 Å². The number of carbonyl (C=O) groups is 1. The summed E-state index contributed by atoms with van der Waals surface area (Å²) in [5, 5.41) is 0. The second-order valence-corrected chi connectivity index (χ2v) is 3.71. The van der Waals surface area contributed by atoms with Gasteiger partial charge in [0.05, 0.1) is 7.11 Å². The van der Waals surface area contributed by atoms with Gasteiger partial charge in [0, 0.05) is 19.7 Å². The fraction of sp³-hybridized carbons (Fsp3) is 0.545. The van der Waals surface area contributed by atoms with E-state index >= 15 is 0 Å². The van der Waals surface area contributed by atoms with Crippen molar-refractivity contribution in [2.75, 3.05) is 7.11 Å². The summed E-state index contributed by atoms with van der Waals surface area (Å²) in [6, 6.07) is 1.13. The van der Waals surface area contributed by atoms with Crippen LogP contribution >= 0.6 is 0 Å². The maximum atomic E-state index is 11.9. The number of carbonyl (C=O) groups excluding carboxylic acids is 1. The zero-order valence-corrected chi connectivity index (χ0v) is 10.2. The Morgan fingerprint density at radius 3 is 2.59 bits per heavy atom. The van der Waals surface area contributed by atoms with Crippen molar-refractivity contribution in [2.45, 2.75) is 26.3 Å². The van der Waals surface area contributed by atoms with Gasteiger partial charge in [0.1, 0.15) is 5.69 Å². The predicted octanol–water partition coefficient (Wildman–Crippen LogP) is 0.134. The Balaban J connectivity index is 3.41. The third-order valence-electron chi connectivity index (χ3n) is 2.53. The van der Waals surface area contributed by atoms with Crippen molar-refractivity contribution in [1.29, 1.82) is 0 Å². The van der Waals surface area contributed by atoms with Crippen LogP contribution in [0.2, 0.25) is 0 Å². The molecule has 0 spiro atoms. The van der Waals surface area contributed by atoms with Gasteiger partial charge in [-0.3, -0.25) is 13.9 Å². The van der Waals surface area contributed by atoms with Gasteiger partial charge in [0.15, 0.2) is 0 Å². The van der Waals surface area contributed by atoms with Crippen LogP contribution in [-0.4, -0.2) is 22.2 Å². The van der Waals surface area contributed by atoms with E-state index in [0.29, 0.717) is 6.54 Å². The lowest BCUT2D eigenvalue weighted by atomic mass is 10.3. The predicted molar refractivity (Wildman–Crippen MR) is 62.2 cm³/mol. The highest BCUT2D eigenvalue weighted by Gasteiger charge is 2.15. The van der Waals surface area contributed by atoms with Crippen LogP contribution in [0.4, 0.5) is 0 Å². The van der Waals surface area contributed by atoms with Gasteiger partial charge in [-0.05, 0) is 6.42 Å². The smallest absolute Gasteiger partial charge is 0.355 e. The molecule has 0 amide bonds. The van der Waals surface area contributed by atoms with Gasteiger partial charge in [-0.15, -0.1) is 0 Å². The largest absolute Gasteiger partial charge is 0.464 e. The Morgan fingerprint density at radius 2 is 2.06 bits per heavy atom. The minimum absolute atomic E-state index is 0.00838. The number of aromatic nitrogens is 2. The number of hydrogen-bond donors (Lipinski definition) is 0. The molecule has 94 valence electrons. The van der Waals surface area contributed by atoms with E-state index < -0.39 is 17.2 Å². The molecular weight excluding hydrogens is 224 g/mol. The molecule has 0 aliphatic carbocycles. The van der Waals surface area contributed by atoms with Crippen molar-refractivity contribution in [3.05, 3.63) is 32.6 Å². The van der Waals surface area contributed by atoms with E-state index in [0.717, 1.165) is 23.5 Å². The zero-order chi connectivity index (χ0) is 13.0. The number of unbranched alkanes of at least 4 members (excludes halogenated alkanes) is 1. The maximum absolute atomic E-state index is 11.9. The molecule has 1 rings (SSSR count). The second-order valence-electron chi connectivity index (χ2n) is 3.71. The SMILES string of the molecule is CCCCn1c(C(=O)OC)cc(=O)n(C)c1=O. The maximum Gasteiger partial charge on any atom is 0.355 e. The Bertz CT molecular complexity index is 527. The fourth-order valence-electron chi connectivity index (χ4n) is 1.48. The summed E-state index contributed by atoms with van der Waals surface area (Å²) in [6.07, 6.45) is 1.64. The van der Waals surface area contributed by atoms with Crippen LogP contribution in [0.1, 0.15) is 30.3 Å². The van der Waals surface area contributed by atoms with Crippen molar-refractivity contribution >= 4 is 5.97 Å². The van der Waals surface area contributed by atoms with Crippen LogP contribution in [0.5, 0.6) is 0 Å². The molecule has 0 aliphatic heterocycles. The molecule has 0 saturated carbocycles. The van der Waals surface area contributed by atoms with E-state index in [-0.39, 0.29) is 5.69 Å². The molecule has 0 saturated heterocycles. The number of nitrogens with zero attached hydrogens (tertiary/aromatic N) is 2. The monoisotopic (exact) mass is 240 g/mol. The fourth-order valence-corrected chi connectivity index (χ4v) is 1.48. The molecule has 1 aromatic rings. The molecule has 0 atom stereocenters. The Morgan fingerprint density at radius 1 is 1.41 bits per heavy atom. The van der Waals surface area contributed by atoms with E-state index in [2.05, 4.69) is 4.74 Å². The lowest BCUT2D eigenvalue weighted by Crippen LogP contribution is -2.40. The Kier molecular flexibility index (Phi) is 4.25. The lowest BCUT2D eigenvalue weighted by Gasteiger charge is -2.11. The Labute approximate surface area is 98.4 Å². The van der Waals surface area contributed by atoms with Gasteiger partial charge in [-0.25, -0.2) is 9.59 Å². The minimum Gasteiger partial charge on any atom is -0.464 e. The Hall–Kier alpha value is -1.85. The average molecular weight is 240 g/mol. The van der Waals surface area contributed by atoms with Crippen LogP contribution in [0.15, 0.2) is 15.7 Å². The highest BCUT2D eigenvalue weighted by Crippen LogP contribution is 1.99. The summed E-state index contributed by atoms with van der Waals surface area (Å²) >= 11 is 0. The van der Waals surface area contributed by atoms with Gasteiger partial charge >= 0.3 is 11.7 Å². The third kappa shape index (κ3) is 2.64. The number of methoxy groups -OCH3 is 1. The minimum atomic E-state index is -0.670. The van der Waals surface area contributed by atoms with Gasteiger partial charge in [0.2, 0.25) is 0 Å². The highest BCUT2D eigenvalue weighted by atomic mass is 16.5. The molecule has 6 heteroatoms. The van der Waals surface area contributed by atoms with Crippen LogP contribution in [-0.2, 0) is 18.3 Å². The molecule has 0 bridgehead atoms. The average Bonchev–Trinajstić information content (AvgIpc) is 2.33. The first-order valence-corrected chi connectivity index (χ1v) is 5.42. The van der Waals surface area contributed by atoms with E-state index in [1.165, 1.54) is 18.7 Å². The normalized spacial score (nSPS) is 10.3. The zero-order valence-electron chi connectivity index (χ0n) is 10.2. The molecule has 0 unspecified atom stereocenters. The van der Waals surface area contributed by atoms with Crippen molar-refractivity contribution in [3.63, 3.8) is 0 Å². The molecule has 0 radical (unpaired) electrons. The van der Waals surface area contributed by atoms with Crippen LogP contribution in [0, 0.1) is 0 Å². The van der Waals surface area contributed by atoms with Crippen LogP contribution in [0.3, 0.4) is 0 Å². The summed E-state index contributed by atoms with van der Waals surface area (Å²) in [5.74, 6) is -0.670. The molecule has 0 aliphatic rings. The summed E-state index contributed by atoms with van der Waals surface area (Å²) in [6.45, 7) is 2.37. The quantitative estimate of drug-likeness (QED) is 0.701. The topological polar surface area (TPSA) is 70.3 Å². The summed E-state index contributed by atoms with van der Waals surface area (Å²) in [4.78, 5) is 34.8. The summed E-state index contributed by atoms with van der Waals surface area (Å²) < 4.78 is 6.81. The van der Waals surface area contributed by atoms with E-state index in [1.54, 1.807) is 0 Å². The molecule has 0 aromatic carbocycles. The molecular formula is C11H16N2O4. The number of esters is 1. The van der Waals surface area contributed by atoms with Gasteiger partial charge in [-0.1, -0.05) is 13.3 Å². The number of hydrogen-bond acceptors (Lipinski definition) is 4. The highest BCUT2D eigenvalue weighted by molar-refractivity contribution is 5.87. The van der Waals surface area contributed by atoms with Crippen LogP contribution < -0.4 is 11.2 Å². The van der Waals surface area contributed by atoms with Crippen molar-refractivity contribution in [3.8, 4) is 0 Å². The number of ether oxygens (including phenoxy) is 1. The third-order valence-corrected chi connectivity index (χ3v) is 2.53. The van der Waals surface area contributed by atoms with Gasteiger partial charge in [-0.2, -0.15) is 0 Å². The van der Waals surface area contributed by atoms with Gasteiger partial charge in [0.25, 0.3) is 5.56 Å². The lowest BCUT2D eigenvalue weighted by molar-refractivity contribution is 0.0585. The van der Waals surface area contributed by atoms with Crippen molar-refractivity contribution in [2.24, 2.45) is 7.05 Å². The number of rotatable bonds is 4. The standard InChI is InChI=1S/C11H16N2O4/c1-4-5-6-13-8(10(15)17-3)7-9(14)12(2)11(13)16/h7H,4-6H2,1-3H3. The first-order chi connectivity index (χ1) is 8.02. The van der Waals surface area contributed by atoms with E-state index in [1.807, 2.05) is 6.92 Å². The molecule has 1 aromatic heterocycles.